The van der Waals surface area contributed by atoms with Crippen molar-refractivity contribution < 1.29 is 27.5 Å². The smallest absolute Gasteiger partial charge is 0.324 e. The number of rotatable bonds is 9. The Balaban J connectivity index is 2.76. The highest BCUT2D eigenvalue weighted by Gasteiger charge is 2.30. The zero-order valence-electron chi connectivity index (χ0n) is 17.4. The highest BCUT2D eigenvalue weighted by Crippen LogP contribution is 2.16. The summed E-state index contributed by atoms with van der Waals surface area (Å²) in [6, 6.07) is 2.77. The molecule has 0 fully saturated rings. The van der Waals surface area contributed by atoms with Gasteiger partial charge < -0.3 is 10.1 Å². The second-order valence-corrected chi connectivity index (χ2v) is 8.71. The van der Waals surface area contributed by atoms with Gasteiger partial charge in [0, 0.05) is 6.54 Å². The minimum absolute atomic E-state index is 0.0318. The fraction of sp³-hybridized carbons (Fsp3) is 0.526. The van der Waals surface area contributed by atoms with E-state index in [4.69, 9.17) is 4.74 Å². The zero-order chi connectivity index (χ0) is 22.2. The SMILES string of the molecule is CCCNC(=O)NC(=O)COC(=O)[C@H](NS(=O)(=O)c1ccc(C)c(C)c1)C(C)C. The summed E-state index contributed by atoms with van der Waals surface area (Å²) >= 11 is 0. The average Bonchev–Trinajstić information content (AvgIpc) is 2.64. The number of amides is 3. The first-order valence-corrected chi connectivity index (χ1v) is 10.8. The Morgan fingerprint density at radius 1 is 1.10 bits per heavy atom. The van der Waals surface area contributed by atoms with E-state index < -0.39 is 46.5 Å². The van der Waals surface area contributed by atoms with Gasteiger partial charge in [-0.25, -0.2) is 13.2 Å². The maximum absolute atomic E-state index is 12.6. The van der Waals surface area contributed by atoms with E-state index in [2.05, 4.69) is 10.0 Å². The quantitative estimate of drug-likeness (QED) is 0.511. The van der Waals surface area contributed by atoms with Crippen LogP contribution in [-0.4, -0.2) is 45.5 Å². The van der Waals surface area contributed by atoms with Gasteiger partial charge in [0.05, 0.1) is 4.90 Å². The van der Waals surface area contributed by atoms with Crippen molar-refractivity contribution in [2.75, 3.05) is 13.2 Å². The van der Waals surface area contributed by atoms with Gasteiger partial charge in [0.2, 0.25) is 10.0 Å². The molecule has 0 saturated carbocycles. The molecule has 0 aromatic heterocycles. The lowest BCUT2D eigenvalue weighted by Gasteiger charge is -2.21. The number of benzene rings is 1. The number of hydrogen-bond donors (Lipinski definition) is 3. The summed E-state index contributed by atoms with van der Waals surface area (Å²) in [5, 5.41) is 4.47. The van der Waals surface area contributed by atoms with Crippen LogP contribution in [0.2, 0.25) is 0 Å². The van der Waals surface area contributed by atoms with E-state index >= 15 is 0 Å². The van der Waals surface area contributed by atoms with Crippen molar-refractivity contribution >= 4 is 27.9 Å². The summed E-state index contributed by atoms with van der Waals surface area (Å²) < 4.78 is 32.5. The first-order valence-electron chi connectivity index (χ1n) is 9.31. The van der Waals surface area contributed by atoms with Crippen molar-refractivity contribution in [1.82, 2.24) is 15.4 Å². The standard InChI is InChI=1S/C19H29N3O6S/c1-6-9-20-19(25)21-16(23)11-28-18(24)17(12(2)3)22-29(26,27)15-8-7-13(4)14(5)10-15/h7-8,10,12,17,22H,6,9,11H2,1-5H3,(H2,20,21,23,25)/t17-/m1/s1. The number of ether oxygens (including phenoxy) is 1. The fourth-order valence-electron chi connectivity index (χ4n) is 2.24. The summed E-state index contributed by atoms with van der Waals surface area (Å²) in [5.41, 5.74) is 1.74. The van der Waals surface area contributed by atoms with E-state index in [1.54, 1.807) is 26.8 Å². The normalized spacial score (nSPS) is 12.3. The number of hydrogen-bond acceptors (Lipinski definition) is 6. The molecule has 0 aliphatic carbocycles. The van der Waals surface area contributed by atoms with Gasteiger partial charge in [0.15, 0.2) is 6.61 Å². The van der Waals surface area contributed by atoms with E-state index in [1.165, 1.54) is 12.1 Å². The third-order valence-corrected chi connectivity index (χ3v) is 5.56. The number of urea groups is 1. The molecule has 9 nitrogen and oxygen atoms in total. The summed E-state index contributed by atoms with van der Waals surface area (Å²) in [5.74, 6) is -2.15. The van der Waals surface area contributed by atoms with Crippen LogP contribution in [0.3, 0.4) is 0 Å². The number of sulfonamides is 1. The van der Waals surface area contributed by atoms with Gasteiger partial charge in [-0.05, 0) is 49.4 Å². The Bertz CT molecular complexity index is 852. The number of carbonyl (C=O) groups excluding carboxylic acids is 3. The van der Waals surface area contributed by atoms with Crippen LogP contribution < -0.4 is 15.4 Å². The van der Waals surface area contributed by atoms with E-state index in [1.807, 2.05) is 19.2 Å². The second-order valence-electron chi connectivity index (χ2n) is 7.00. The van der Waals surface area contributed by atoms with Crippen LogP contribution in [0.1, 0.15) is 38.3 Å². The Morgan fingerprint density at radius 2 is 1.76 bits per heavy atom. The van der Waals surface area contributed by atoms with Crippen LogP contribution in [-0.2, 0) is 24.3 Å². The third kappa shape index (κ3) is 7.82. The molecule has 0 bridgehead atoms. The predicted molar refractivity (Wildman–Crippen MR) is 108 cm³/mol. The van der Waals surface area contributed by atoms with Gasteiger partial charge in [-0.1, -0.05) is 26.8 Å². The molecule has 29 heavy (non-hydrogen) atoms. The molecule has 0 aliphatic heterocycles. The summed E-state index contributed by atoms with van der Waals surface area (Å²) in [6.45, 7) is 8.50. The molecule has 1 atom stereocenters. The minimum atomic E-state index is -3.97. The number of nitrogens with one attached hydrogen (secondary N) is 3. The molecular formula is C19H29N3O6S. The maximum Gasteiger partial charge on any atom is 0.324 e. The van der Waals surface area contributed by atoms with Gasteiger partial charge in [0.25, 0.3) is 5.91 Å². The molecule has 10 heteroatoms. The Kier molecular flexibility index (Phi) is 9.25. The fourth-order valence-corrected chi connectivity index (χ4v) is 3.66. The molecule has 162 valence electrons. The molecule has 0 unspecified atom stereocenters. The van der Waals surface area contributed by atoms with Crippen LogP contribution in [0.15, 0.2) is 23.1 Å². The van der Waals surface area contributed by atoms with Crippen molar-refractivity contribution in [3.8, 4) is 0 Å². The van der Waals surface area contributed by atoms with Gasteiger partial charge in [-0.3, -0.25) is 14.9 Å². The van der Waals surface area contributed by atoms with Crippen LogP contribution in [0.5, 0.6) is 0 Å². The number of imide groups is 1. The van der Waals surface area contributed by atoms with Gasteiger partial charge >= 0.3 is 12.0 Å². The number of esters is 1. The van der Waals surface area contributed by atoms with Crippen molar-refractivity contribution in [2.45, 2.75) is 52.0 Å². The average molecular weight is 428 g/mol. The Morgan fingerprint density at radius 3 is 2.31 bits per heavy atom. The minimum Gasteiger partial charge on any atom is -0.454 e. The highest BCUT2D eigenvalue weighted by molar-refractivity contribution is 7.89. The summed E-state index contributed by atoms with van der Waals surface area (Å²) in [6.07, 6.45) is 0.702. The van der Waals surface area contributed by atoms with Gasteiger partial charge in [-0.2, -0.15) is 4.72 Å². The molecule has 1 rings (SSSR count). The molecule has 1 aromatic rings. The molecular weight excluding hydrogens is 398 g/mol. The van der Waals surface area contributed by atoms with E-state index in [9.17, 15) is 22.8 Å². The maximum atomic E-state index is 12.6. The Labute approximate surface area is 171 Å². The van der Waals surface area contributed by atoms with Crippen molar-refractivity contribution in [1.29, 1.82) is 0 Å². The zero-order valence-corrected chi connectivity index (χ0v) is 18.2. The van der Waals surface area contributed by atoms with E-state index in [0.29, 0.717) is 13.0 Å². The van der Waals surface area contributed by atoms with Crippen LogP contribution in [0, 0.1) is 19.8 Å². The molecule has 3 N–H and O–H groups in total. The molecule has 0 heterocycles. The third-order valence-electron chi connectivity index (χ3n) is 4.13. The van der Waals surface area contributed by atoms with Gasteiger partial charge in [0.1, 0.15) is 6.04 Å². The summed E-state index contributed by atoms with van der Waals surface area (Å²) in [4.78, 5) is 35.5. The molecule has 1 aromatic carbocycles. The van der Waals surface area contributed by atoms with E-state index in [0.717, 1.165) is 11.1 Å². The first-order chi connectivity index (χ1) is 13.5. The Hall–Kier alpha value is -2.46. The molecule has 0 saturated heterocycles. The monoisotopic (exact) mass is 427 g/mol. The highest BCUT2D eigenvalue weighted by atomic mass is 32.2. The lowest BCUT2D eigenvalue weighted by molar-refractivity contribution is -0.150. The molecule has 3 amide bonds. The molecule has 0 spiro atoms. The lowest BCUT2D eigenvalue weighted by atomic mass is 10.1. The summed E-state index contributed by atoms with van der Waals surface area (Å²) in [7, 11) is -3.97. The number of carbonyl (C=O) groups is 3. The predicted octanol–water partition coefficient (Wildman–Crippen LogP) is 1.39. The van der Waals surface area contributed by atoms with Crippen molar-refractivity contribution in [3.63, 3.8) is 0 Å². The first kappa shape index (κ1) is 24.6. The van der Waals surface area contributed by atoms with Gasteiger partial charge in [-0.15, -0.1) is 0 Å². The number of aryl methyl sites for hydroxylation is 2. The van der Waals surface area contributed by atoms with Crippen LogP contribution in [0.25, 0.3) is 0 Å². The lowest BCUT2D eigenvalue weighted by Crippen LogP contribution is -2.47. The van der Waals surface area contributed by atoms with Crippen LogP contribution >= 0.6 is 0 Å². The largest absolute Gasteiger partial charge is 0.454 e. The topological polar surface area (TPSA) is 131 Å². The van der Waals surface area contributed by atoms with Crippen LogP contribution in [0.4, 0.5) is 4.79 Å². The van der Waals surface area contributed by atoms with E-state index in [-0.39, 0.29) is 4.90 Å². The van der Waals surface area contributed by atoms with Crippen molar-refractivity contribution in [3.05, 3.63) is 29.3 Å². The second kappa shape index (κ2) is 10.9. The van der Waals surface area contributed by atoms with Crippen molar-refractivity contribution in [2.24, 2.45) is 5.92 Å². The molecule has 0 radical (unpaired) electrons. The molecule has 0 aliphatic rings.